The Kier molecular flexibility index (Phi) is 3.27. The Labute approximate surface area is 93.2 Å². The number of benzene rings is 1. The van der Waals surface area contributed by atoms with E-state index in [2.05, 4.69) is 0 Å². The van der Waals surface area contributed by atoms with Crippen molar-refractivity contribution in [2.45, 2.75) is 19.3 Å². The lowest BCUT2D eigenvalue weighted by atomic mass is 9.86. The number of aldehydes is 1. The Hall–Kier alpha value is -1.91. The van der Waals surface area contributed by atoms with Gasteiger partial charge in [0.1, 0.15) is 6.29 Å². The average molecular weight is 223 g/mol. The van der Waals surface area contributed by atoms with E-state index in [9.17, 15) is 14.9 Å². The van der Waals surface area contributed by atoms with Crippen LogP contribution in [0.15, 0.2) is 18.2 Å². The van der Waals surface area contributed by atoms with Gasteiger partial charge >= 0.3 is 5.69 Å². The van der Waals surface area contributed by atoms with Crippen LogP contribution in [0.5, 0.6) is 5.75 Å². The van der Waals surface area contributed by atoms with Crippen molar-refractivity contribution in [1.82, 2.24) is 0 Å². The number of methoxy groups -OCH3 is 1. The summed E-state index contributed by atoms with van der Waals surface area (Å²) in [5, 5.41) is 10.7. The number of carbonyl (C=O) groups is 1. The summed E-state index contributed by atoms with van der Waals surface area (Å²) in [6, 6.07) is 4.43. The number of ether oxygens (including phenoxy) is 1. The number of nitro groups is 1. The van der Waals surface area contributed by atoms with E-state index in [0.29, 0.717) is 5.56 Å². The third-order valence-electron chi connectivity index (χ3n) is 2.42. The molecule has 1 aromatic carbocycles. The minimum absolute atomic E-state index is 0.104. The number of hydrogen-bond acceptors (Lipinski definition) is 4. The van der Waals surface area contributed by atoms with Gasteiger partial charge in [-0.25, -0.2) is 0 Å². The maximum atomic E-state index is 10.9. The Balaban J connectivity index is 3.29. The third kappa shape index (κ3) is 2.18. The highest BCUT2D eigenvalue weighted by molar-refractivity contribution is 5.68. The third-order valence-corrected chi connectivity index (χ3v) is 2.42. The Morgan fingerprint density at radius 2 is 2.06 bits per heavy atom. The maximum Gasteiger partial charge on any atom is 0.310 e. The molecule has 5 heteroatoms. The van der Waals surface area contributed by atoms with Crippen LogP contribution in [0.1, 0.15) is 19.4 Å². The van der Waals surface area contributed by atoms with Crippen molar-refractivity contribution < 1.29 is 14.5 Å². The monoisotopic (exact) mass is 223 g/mol. The first-order valence-electron chi connectivity index (χ1n) is 4.71. The minimum Gasteiger partial charge on any atom is -0.490 e. The van der Waals surface area contributed by atoms with Gasteiger partial charge in [-0.2, -0.15) is 0 Å². The van der Waals surface area contributed by atoms with Crippen LogP contribution >= 0.6 is 0 Å². The Bertz CT molecular complexity index is 426. The lowest BCUT2D eigenvalue weighted by molar-refractivity contribution is -0.385. The molecule has 0 spiro atoms. The van der Waals surface area contributed by atoms with Crippen LogP contribution in [0.25, 0.3) is 0 Å². The van der Waals surface area contributed by atoms with Gasteiger partial charge in [-0.15, -0.1) is 0 Å². The fourth-order valence-corrected chi connectivity index (χ4v) is 1.30. The molecule has 0 N–H and O–H groups in total. The summed E-state index contributed by atoms with van der Waals surface area (Å²) in [4.78, 5) is 21.0. The molecule has 16 heavy (non-hydrogen) atoms. The standard InChI is InChI=1S/C11H13NO4/c1-11(2,7-13)8-4-5-9(12(14)15)10(6-8)16-3/h4-7H,1-3H3. The molecule has 0 aliphatic carbocycles. The topological polar surface area (TPSA) is 69.4 Å². The van der Waals surface area contributed by atoms with Gasteiger partial charge in [-0.05, 0) is 25.5 Å². The molecule has 0 bridgehead atoms. The lowest BCUT2D eigenvalue weighted by Gasteiger charge is -2.17. The van der Waals surface area contributed by atoms with Crippen LogP contribution in [0, 0.1) is 10.1 Å². The van der Waals surface area contributed by atoms with Crippen molar-refractivity contribution in [2.75, 3.05) is 7.11 Å². The summed E-state index contributed by atoms with van der Waals surface area (Å²) in [6.07, 6.45) is 0.799. The highest BCUT2D eigenvalue weighted by atomic mass is 16.6. The highest BCUT2D eigenvalue weighted by Gasteiger charge is 2.23. The Morgan fingerprint density at radius 3 is 2.50 bits per heavy atom. The van der Waals surface area contributed by atoms with Crippen molar-refractivity contribution in [3.05, 3.63) is 33.9 Å². The zero-order valence-electron chi connectivity index (χ0n) is 9.39. The van der Waals surface area contributed by atoms with E-state index >= 15 is 0 Å². The molecule has 0 unspecified atom stereocenters. The first-order valence-corrected chi connectivity index (χ1v) is 4.71. The van der Waals surface area contributed by atoms with Gasteiger partial charge in [0.25, 0.3) is 0 Å². The summed E-state index contributed by atoms with van der Waals surface area (Å²) < 4.78 is 4.93. The number of nitro benzene ring substituents is 1. The predicted molar refractivity (Wildman–Crippen MR) is 58.7 cm³/mol. The fraction of sp³-hybridized carbons (Fsp3) is 0.364. The Morgan fingerprint density at radius 1 is 1.44 bits per heavy atom. The summed E-state index contributed by atoms with van der Waals surface area (Å²) >= 11 is 0. The first-order chi connectivity index (χ1) is 7.42. The largest absolute Gasteiger partial charge is 0.490 e. The normalized spacial score (nSPS) is 10.9. The molecule has 0 amide bonds. The minimum atomic E-state index is -0.678. The molecule has 0 aliphatic heterocycles. The summed E-state index contributed by atoms with van der Waals surface area (Å²) in [6.45, 7) is 3.47. The van der Waals surface area contributed by atoms with Crippen molar-refractivity contribution >= 4 is 12.0 Å². The smallest absolute Gasteiger partial charge is 0.310 e. The fourth-order valence-electron chi connectivity index (χ4n) is 1.30. The number of rotatable bonds is 4. The summed E-state index contributed by atoms with van der Waals surface area (Å²) in [5.74, 6) is 0.164. The van der Waals surface area contributed by atoms with E-state index in [1.807, 2.05) is 0 Å². The van der Waals surface area contributed by atoms with E-state index in [4.69, 9.17) is 4.74 Å². The SMILES string of the molecule is COc1cc(C(C)(C)C=O)ccc1[N+](=O)[O-]. The van der Waals surface area contributed by atoms with Gasteiger partial charge in [0.2, 0.25) is 0 Å². The molecule has 1 aromatic rings. The molecule has 86 valence electrons. The van der Waals surface area contributed by atoms with Crippen molar-refractivity contribution in [2.24, 2.45) is 0 Å². The molecule has 0 saturated carbocycles. The van der Waals surface area contributed by atoms with Crippen LogP contribution in [0.3, 0.4) is 0 Å². The van der Waals surface area contributed by atoms with Crippen molar-refractivity contribution in [3.8, 4) is 5.75 Å². The average Bonchev–Trinajstić information content (AvgIpc) is 2.27. The zero-order chi connectivity index (χ0) is 12.3. The van der Waals surface area contributed by atoms with Gasteiger partial charge in [-0.1, -0.05) is 6.07 Å². The van der Waals surface area contributed by atoms with E-state index in [0.717, 1.165) is 6.29 Å². The van der Waals surface area contributed by atoms with Crippen LogP contribution in [-0.4, -0.2) is 18.3 Å². The zero-order valence-corrected chi connectivity index (χ0v) is 9.39. The second-order valence-corrected chi connectivity index (χ2v) is 3.98. The molecule has 0 heterocycles. The van der Waals surface area contributed by atoms with Gasteiger partial charge in [0.05, 0.1) is 12.0 Å². The van der Waals surface area contributed by atoms with Crippen LogP contribution in [0.2, 0.25) is 0 Å². The van der Waals surface area contributed by atoms with Crippen molar-refractivity contribution in [3.63, 3.8) is 0 Å². The van der Waals surface area contributed by atoms with E-state index < -0.39 is 10.3 Å². The molecule has 0 aromatic heterocycles. The summed E-state index contributed by atoms with van der Waals surface area (Å²) in [7, 11) is 1.36. The lowest BCUT2D eigenvalue weighted by Crippen LogP contribution is -2.18. The molecule has 1 rings (SSSR count). The van der Waals surface area contributed by atoms with Gasteiger partial charge in [-0.3, -0.25) is 10.1 Å². The number of hydrogen-bond donors (Lipinski definition) is 0. The molecule has 0 aliphatic rings. The number of carbonyl (C=O) groups excluding carboxylic acids is 1. The van der Waals surface area contributed by atoms with Crippen LogP contribution in [0.4, 0.5) is 5.69 Å². The van der Waals surface area contributed by atoms with Gasteiger partial charge in [0, 0.05) is 11.5 Å². The molecule has 0 fully saturated rings. The maximum absolute atomic E-state index is 10.9. The van der Waals surface area contributed by atoms with E-state index in [1.165, 1.54) is 19.2 Å². The molecule has 0 radical (unpaired) electrons. The van der Waals surface area contributed by atoms with Crippen molar-refractivity contribution in [1.29, 1.82) is 0 Å². The molecular weight excluding hydrogens is 210 g/mol. The van der Waals surface area contributed by atoms with Gasteiger partial charge < -0.3 is 9.53 Å². The molecular formula is C11H13NO4. The van der Waals surface area contributed by atoms with Crippen LogP contribution < -0.4 is 4.74 Å². The second kappa shape index (κ2) is 4.30. The predicted octanol–water partition coefficient (Wildman–Crippen LogP) is 2.08. The molecule has 0 saturated heterocycles. The second-order valence-electron chi connectivity index (χ2n) is 3.98. The number of nitrogens with zero attached hydrogens (tertiary/aromatic N) is 1. The van der Waals surface area contributed by atoms with Crippen LogP contribution in [-0.2, 0) is 10.2 Å². The van der Waals surface area contributed by atoms with E-state index in [-0.39, 0.29) is 11.4 Å². The molecule has 5 nitrogen and oxygen atoms in total. The quantitative estimate of drug-likeness (QED) is 0.445. The highest BCUT2D eigenvalue weighted by Crippen LogP contribution is 2.31. The van der Waals surface area contributed by atoms with Gasteiger partial charge in [0.15, 0.2) is 5.75 Å². The summed E-state index contributed by atoms with van der Waals surface area (Å²) in [5.41, 5.74) is -0.0968. The molecule has 0 atom stereocenters. The first kappa shape index (κ1) is 12.2. The van der Waals surface area contributed by atoms with E-state index in [1.54, 1.807) is 19.9 Å².